The fraction of sp³-hybridized carbons (Fsp3) is 1.00. The van der Waals surface area contributed by atoms with Crippen LogP contribution >= 0.6 is 0 Å². The Labute approximate surface area is 96.4 Å². The highest BCUT2D eigenvalue weighted by molar-refractivity contribution is 4.54. The number of rotatable bonds is 11. The van der Waals surface area contributed by atoms with Crippen LogP contribution in [0.3, 0.4) is 0 Å². The van der Waals surface area contributed by atoms with Gasteiger partial charge in [-0.1, -0.05) is 46.0 Å². The first-order valence-corrected chi connectivity index (χ1v) is 6.70. The third-order valence-electron chi connectivity index (χ3n) is 2.81. The van der Waals surface area contributed by atoms with Crippen molar-refractivity contribution in [2.45, 2.75) is 52.4 Å². The molecule has 0 bridgehead atoms. The van der Waals surface area contributed by atoms with Crippen LogP contribution in [0.1, 0.15) is 52.4 Å². The number of nitrogens with one attached hydrogen (secondary N) is 1. The molecule has 0 atom stereocenters. The Balaban J connectivity index is 3.06. The van der Waals surface area contributed by atoms with E-state index in [9.17, 15) is 0 Å². The fourth-order valence-electron chi connectivity index (χ4n) is 1.72. The minimum atomic E-state index is 1.09. The van der Waals surface area contributed by atoms with Crippen molar-refractivity contribution in [3.63, 3.8) is 0 Å². The Kier molecular flexibility index (Phi) is 11.9. The molecule has 15 heavy (non-hydrogen) atoms. The first-order chi connectivity index (χ1) is 7.31. The van der Waals surface area contributed by atoms with Crippen molar-refractivity contribution in [2.75, 3.05) is 33.2 Å². The number of hydrogen-bond acceptors (Lipinski definition) is 2. The summed E-state index contributed by atoms with van der Waals surface area (Å²) in [5, 5.41) is 3.36. The second kappa shape index (κ2) is 12.0. The summed E-state index contributed by atoms with van der Waals surface area (Å²) in [5.41, 5.74) is 0. The number of hydrogen-bond donors (Lipinski definition) is 1. The fourth-order valence-corrected chi connectivity index (χ4v) is 1.72. The van der Waals surface area contributed by atoms with E-state index in [1.54, 1.807) is 0 Å². The lowest BCUT2D eigenvalue weighted by molar-refractivity contribution is 0.322. The molecule has 0 saturated carbocycles. The molecular formula is C13H30N2. The van der Waals surface area contributed by atoms with Crippen LogP contribution < -0.4 is 5.32 Å². The topological polar surface area (TPSA) is 15.3 Å². The SMILES string of the molecule is CCCCCCCCN(C)CCNCC. The molecule has 0 aliphatic heterocycles. The molecular weight excluding hydrogens is 184 g/mol. The van der Waals surface area contributed by atoms with Gasteiger partial charge < -0.3 is 10.2 Å². The summed E-state index contributed by atoms with van der Waals surface area (Å²) in [6.07, 6.45) is 8.39. The monoisotopic (exact) mass is 214 g/mol. The van der Waals surface area contributed by atoms with Crippen LogP contribution in [0.5, 0.6) is 0 Å². The highest BCUT2D eigenvalue weighted by atomic mass is 15.1. The molecule has 0 amide bonds. The van der Waals surface area contributed by atoms with E-state index in [1.165, 1.54) is 51.6 Å². The molecule has 1 N–H and O–H groups in total. The molecule has 0 saturated heterocycles. The summed E-state index contributed by atoms with van der Waals surface area (Å²) in [4.78, 5) is 2.43. The van der Waals surface area contributed by atoms with Crippen LogP contribution in [-0.2, 0) is 0 Å². The van der Waals surface area contributed by atoms with Gasteiger partial charge >= 0.3 is 0 Å². The number of unbranched alkanes of at least 4 members (excludes halogenated alkanes) is 5. The third-order valence-corrected chi connectivity index (χ3v) is 2.81. The molecule has 0 unspecified atom stereocenters. The van der Waals surface area contributed by atoms with Gasteiger partial charge in [-0.15, -0.1) is 0 Å². The van der Waals surface area contributed by atoms with Gasteiger partial charge in [0.05, 0.1) is 0 Å². The molecule has 0 rings (SSSR count). The summed E-state index contributed by atoms with van der Waals surface area (Å²) in [6, 6.07) is 0. The van der Waals surface area contributed by atoms with Crippen LogP contribution in [-0.4, -0.2) is 38.1 Å². The van der Waals surface area contributed by atoms with Crippen molar-refractivity contribution < 1.29 is 0 Å². The molecule has 0 aliphatic carbocycles. The second-order valence-corrected chi connectivity index (χ2v) is 4.42. The maximum absolute atomic E-state index is 3.36. The maximum Gasteiger partial charge on any atom is 0.0104 e. The quantitative estimate of drug-likeness (QED) is 0.532. The molecule has 0 aliphatic rings. The van der Waals surface area contributed by atoms with E-state index in [1.807, 2.05) is 0 Å². The Morgan fingerprint density at radius 1 is 0.867 bits per heavy atom. The molecule has 0 aromatic carbocycles. The molecule has 0 aromatic heterocycles. The average molecular weight is 214 g/mol. The van der Waals surface area contributed by atoms with Crippen molar-refractivity contribution in [1.29, 1.82) is 0 Å². The van der Waals surface area contributed by atoms with Crippen LogP contribution in [0.2, 0.25) is 0 Å². The number of nitrogens with zero attached hydrogens (tertiary/aromatic N) is 1. The van der Waals surface area contributed by atoms with Crippen molar-refractivity contribution in [3.8, 4) is 0 Å². The number of likely N-dealkylation sites (N-methyl/N-ethyl adjacent to an activating group) is 2. The van der Waals surface area contributed by atoms with E-state index in [0.29, 0.717) is 0 Å². The van der Waals surface area contributed by atoms with Gasteiger partial charge in [0.1, 0.15) is 0 Å². The van der Waals surface area contributed by atoms with Crippen molar-refractivity contribution in [3.05, 3.63) is 0 Å². The van der Waals surface area contributed by atoms with Gasteiger partial charge in [0.2, 0.25) is 0 Å². The predicted molar refractivity (Wildman–Crippen MR) is 69.4 cm³/mol. The predicted octanol–water partition coefficient (Wildman–Crippen LogP) is 2.89. The normalized spacial score (nSPS) is 11.2. The molecule has 0 aromatic rings. The smallest absolute Gasteiger partial charge is 0.0104 e. The van der Waals surface area contributed by atoms with Gasteiger partial charge in [0, 0.05) is 13.1 Å². The van der Waals surface area contributed by atoms with Gasteiger partial charge in [0.15, 0.2) is 0 Å². The molecule has 0 spiro atoms. The van der Waals surface area contributed by atoms with Crippen LogP contribution in [0.4, 0.5) is 0 Å². The largest absolute Gasteiger partial charge is 0.316 e. The van der Waals surface area contributed by atoms with Gasteiger partial charge in [-0.25, -0.2) is 0 Å². The van der Waals surface area contributed by atoms with E-state index < -0.39 is 0 Å². The highest BCUT2D eigenvalue weighted by Gasteiger charge is 1.97. The van der Waals surface area contributed by atoms with Crippen molar-refractivity contribution in [2.24, 2.45) is 0 Å². The molecule has 2 nitrogen and oxygen atoms in total. The highest BCUT2D eigenvalue weighted by Crippen LogP contribution is 2.05. The summed E-state index contributed by atoms with van der Waals surface area (Å²) >= 11 is 0. The Morgan fingerprint density at radius 3 is 2.20 bits per heavy atom. The summed E-state index contributed by atoms with van der Waals surface area (Å²) in [5.74, 6) is 0. The first kappa shape index (κ1) is 14.9. The zero-order valence-corrected chi connectivity index (χ0v) is 11.0. The van der Waals surface area contributed by atoms with E-state index in [-0.39, 0.29) is 0 Å². The van der Waals surface area contributed by atoms with Crippen LogP contribution in [0, 0.1) is 0 Å². The maximum atomic E-state index is 3.36. The second-order valence-electron chi connectivity index (χ2n) is 4.42. The van der Waals surface area contributed by atoms with Gasteiger partial charge in [-0.05, 0) is 26.6 Å². The average Bonchev–Trinajstić information content (AvgIpc) is 2.23. The minimum absolute atomic E-state index is 1.09. The zero-order chi connectivity index (χ0) is 11.4. The summed E-state index contributed by atoms with van der Waals surface area (Å²) < 4.78 is 0. The molecule has 2 heteroatoms. The van der Waals surface area contributed by atoms with E-state index in [4.69, 9.17) is 0 Å². The summed E-state index contributed by atoms with van der Waals surface area (Å²) in [7, 11) is 2.23. The Morgan fingerprint density at radius 2 is 1.53 bits per heavy atom. The Hall–Kier alpha value is -0.0800. The van der Waals surface area contributed by atoms with Gasteiger partial charge in [0.25, 0.3) is 0 Å². The van der Waals surface area contributed by atoms with Crippen LogP contribution in [0.25, 0.3) is 0 Å². The first-order valence-electron chi connectivity index (χ1n) is 6.70. The molecule has 0 heterocycles. The summed E-state index contributed by atoms with van der Waals surface area (Å²) in [6.45, 7) is 9.09. The lowest BCUT2D eigenvalue weighted by atomic mass is 10.1. The lowest BCUT2D eigenvalue weighted by Gasteiger charge is -2.16. The van der Waals surface area contributed by atoms with Crippen molar-refractivity contribution in [1.82, 2.24) is 10.2 Å². The van der Waals surface area contributed by atoms with Gasteiger partial charge in [-0.3, -0.25) is 0 Å². The zero-order valence-electron chi connectivity index (χ0n) is 11.0. The standard InChI is InChI=1S/C13H30N2/c1-4-6-7-8-9-10-12-15(3)13-11-14-5-2/h14H,4-13H2,1-3H3. The minimum Gasteiger partial charge on any atom is -0.316 e. The van der Waals surface area contributed by atoms with Crippen LogP contribution in [0.15, 0.2) is 0 Å². The van der Waals surface area contributed by atoms with Gasteiger partial charge in [-0.2, -0.15) is 0 Å². The molecule has 0 radical (unpaired) electrons. The van der Waals surface area contributed by atoms with Crippen molar-refractivity contribution >= 4 is 0 Å². The third kappa shape index (κ3) is 11.8. The lowest BCUT2D eigenvalue weighted by Crippen LogP contribution is -2.29. The van der Waals surface area contributed by atoms with E-state index in [2.05, 4.69) is 31.1 Å². The Bertz CT molecular complexity index is 115. The molecule has 0 fully saturated rings. The van der Waals surface area contributed by atoms with E-state index in [0.717, 1.165) is 13.1 Å². The molecule has 92 valence electrons. The van der Waals surface area contributed by atoms with E-state index >= 15 is 0 Å².